The molecule has 20 heavy (non-hydrogen) atoms. The van der Waals surface area contributed by atoms with Gasteiger partial charge in [-0.15, -0.1) is 0 Å². The van der Waals surface area contributed by atoms with E-state index in [9.17, 15) is 10.1 Å². The number of hydrogen-bond donors (Lipinski definition) is 0. The van der Waals surface area contributed by atoms with E-state index in [0.29, 0.717) is 15.0 Å². The molecule has 0 aliphatic heterocycles. The second-order valence-corrected chi connectivity index (χ2v) is 7.05. The van der Waals surface area contributed by atoms with E-state index >= 15 is 0 Å². The summed E-state index contributed by atoms with van der Waals surface area (Å²) in [6.45, 7) is 4.28. The maximum Gasteiger partial charge on any atom is 0.312 e. The van der Waals surface area contributed by atoms with E-state index in [1.807, 2.05) is 0 Å². The number of rotatable bonds is 5. The molecule has 0 saturated heterocycles. The molecule has 1 saturated carbocycles. The van der Waals surface area contributed by atoms with Crippen molar-refractivity contribution in [1.29, 1.82) is 0 Å². The third-order valence-electron chi connectivity index (χ3n) is 4.41. The van der Waals surface area contributed by atoms with Gasteiger partial charge in [0.1, 0.15) is 6.10 Å². The van der Waals surface area contributed by atoms with Gasteiger partial charge in [-0.25, -0.2) is 0 Å². The Morgan fingerprint density at radius 3 is 2.60 bits per heavy atom. The number of nitro benzene ring substituents is 1. The molecule has 6 heteroatoms. The molecule has 1 fully saturated rings. The lowest BCUT2D eigenvalue weighted by atomic mass is 9.62. The molecule has 1 aromatic rings. The van der Waals surface area contributed by atoms with Gasteiger partial charge in [-0.3, -0.25) is 10.1 Å². The van der Waals surface area contributed by atoms with Crippen molar-refractivity contribution in [3.05, 3.63) is 32.8 Å². The Morgan fingerprint density at radius 1 is 1.45 bits per heavy atom. The minimum atomic E-state index is -0.399. The molecule has 4 nitrogen and oxygen atoms in total. The smallest absolute Gasteiger partial charge is 0.312 e. The van der Waals surface area contributed by atoms with Crippen LogP contribution in [0.4, 0.5) is 5.69 Å². The summed E-state index contributed by atoms with van der Waals surface area (Å²) in [7, 11) is 0. The normalized spacial score (nSPS) is 24.0. The molecule has 2 unspecified atom stereocenters. The van der Waals surface area contributed by atoms with Crippen molar-refractivity contribution in [1.82, 2.24) is 0 Å². The number of benzene rings is 1. The van der Waals surface area contributed by atoms with Gasteiger partial charge in [0, 0.05) is 16.3 Å². The van der Waals surface area contributed by atoms with Crippen molar-refractivity contribution >= 4 is 37.5 Å². The van der Waals surface area contributed by atoms with Crippen LogP contribution >= 0.6 is 31.9 Å². The van der Waals surface area contributed by atoms with Gasteiger partial charge in [-0.1, -0.05) is 35.8 Å². The number of ether oxygens (including phenoxy) is 1. The molecule has 0 amide bonds. The molecule has 0 aromatic heterocycles. The Kier molecular flexibility index (Phi) is 4.74. The summed E-state index contributed by atoms with van der Waals surface area (Å²) in [4.78, 5) is 11.1. The van der Waals surface area contributed by atoms with Crippen molar-refractivity contribution in [2.45, 2.75) is 44.0 Å². The van der Waals surface area contributed by atoms with Gasteiger partial charge in [0.15, 0.2) is 0 Å². The lowest BCUT2D eigenvalue weighted by Gasteiger charge is -2.52. The second kappa shape index (κ2) is 6.02. The molecule has 2 rings (SSSR count). The molecule has 2 atom stereocenters. The van der Waals surface area contributed by atoms with Gasteiger partial charge in [-0.05, 0) is 41.3 Å². The van der Waals surface area contributed by atoms with Gasteiger partial charge in [-0.2, -0.15) is 0 Å². The minimum absolute atomic E-state index is 0.0125. The average Bonchev–Trinajstić information content (AvgIpc) is 2.41. The molecule has 0 bridgehead atoms. The van der Waals surface area contributed by atoms with Gasteiger partial charge in [0.2, 0.25) is 5.75 Å². The number of para-hydroxylation sites is 1. The highest BCUT2D eigenvalue weighted by molar-refractivity contribution is 9.10. The summed E-state index contributed by atoms with van der Waals surface area (Å²) in [5.74, 6) is 0.341. The van der Waals surface area contributed by atoms with Gasteiger partial charge in [0.25, 0.3) is 0 Å². The van der Waals surface area contributed by atoms with Crippen LogP contribution in [-0.2, 0) is 0 Å². The number of alkyl halides is 1. The molecule has 1 aliphatic carbocycles. The summed E-state index contributed by atoms with van der Waals surface area (Å²) in [6.07, 6.45) is 2.87. The molecular weight excluding hydrogens is 390 g/mol. The third kappa shape index (κ3) is 2.48. The summed E-state index contributed by atoms with van der Waals surface area (Å²) in [5.41, 5.74) is 0.0712. The Morgan fingerprint density at radius 2 is 2.10 bits per heavy atom. The summed E-state index contributed by atoms with van der Waals surface area (Å²) in [6, 6.07) is 4.90. The first-order valence-corrected chi connectivity index (χ1v) is 8.40. The van der Waals surface area contributed by atoms with E-state index in [1.54, 1.807) is 12.1 Å². The quantitative estimate of drug-likeness (QED) is 0.389. The van der Waals surface area contributed by atoms with Crippen LogP contribution in [0.15, 0.2) is 22.7 Å². The number of nitro groups is 1. The number of halogens is 2. The molecule has 110 valence electrons. The highest BCUT2D eigenvalue weighted by Gasteiger charge is 2.53. The van der Waals surface area contributed by atoms with Crippen molar-refractivity contribution in [3.63, 3.8) is 0 Å². The molecule has 1 aliphatic rings. The van der Waals surface area contributed by atoms with E-state index in [-0.39, 0.29) is 17.2 Å². The first-order valence-electron chi connectivity index (χ1n) is 6.69. The maximum absolute atomic E-state index is 11.1. The van der Waals surface area contributed by atoms with Crippen LogP contribution in [-0.4, -0.2) is 15.9 Å². The number of hydrogen-bond acceptors (Lipinski definition) is 3. The van der Waals surface area contributed by atoms with Gasteiger partial charge < -0.3 is 4.74 Å². The lowest BCUT2D eigenvalue weighted by Crippen LogP contribution is -2.56. The SMILES string of the molecule is CCC1(CC)C(Br)CC1Oc1c(Br)cccc1[N+](=O)[O-]. The predicted octanol–water partition coefficient (Wildman–Crippen LogP) is 5.08. The molecule has 0 N–H and O–H groups in total. The molecule has 0 spiro atoms. The van der Waals surface area contributed by atoms with Gasteiger partial charge in [0.05, 0.1) is 9.40 Å². The average molecular weight is 407 g/mol. The fourth-order valence-corrected chi connectivity index (χ4v) is 4.64. The van der Waals surface area contributed by atoms with Crippen molar-refractivity contribution in [2.24, 2.45) is 5.41 Å². The molecule has 0 heterocycles. The van der Waals surface area contributed by atoms with E-state index in [4.69, 9.17) is 4.74 Å². The molecule has 1 aromatic carbocycles. The van der Waals surface area contributed by atoms with E-state index < -0.39 is 4.92 Å². The molecular formula is C14H17Br2NO3. The third-order valence-corrected chi connectivity index (χ3v) is 6.32. The van der Waals surface area contributed by atoms with E-state index in [1.165, 1.54) is 6.07 Å². The Bertz CT molecular complexity index is 517. The van der Waals surface area contributed by atoms with Crippen LogP contribution in [0.3, 0.4) is 0 Å². The Hall–Kier alpha value is -0.620. The number of nitrogens with zero attached hydrogens (tertiary/aromatic N) is 1. The summed E-state index contributed by atoms with van der Waals surface area (Å²) in [5, 5.41) is 11.1. The van der Waals surface area contributed by atoms with Crippen molar-refractivity contribution < 1.29 is 9.66 Å². The second-order valence-electron chi connectivity index (χ2n) is 5.10. The lowest BCUT2D eigenvalue weighted by molar-refractivity contribution is -0.386. The van der Waals surface area contributed by atoms with Crippen LogP contribution in [0.1, 0.15) is 33.1 Å². The van der Waals surface area contributed by atoms with E-state index in [0.717, 1.165) is 19.3 Å². The zero-order chi connectivity index (χ0) is 14.9. The standard InChI is InChI=1S/C14H17Br2NO3/c1-3-14(4-2)11(16)8-12(14)20-13-9(15)6-5-7-10(13)17(18)19/h5-7,11-12H,3-4,8H2,1-2H3. The summed E-state index contributed by atoms with van der Waals surface area (Å²) < 4.78 is 6.65. The minimum Gasteiger partial charge on any atom is -0.482 e. The van der Waals surface area contributed by atoms with Crippen molar-refractivity contribution in [2.75, 3.05) is 0 Å². The highest BCUT2D eigenvalue weighted by Crippen LogP contribution is 2.53. The fraction of sp³-hybridized carbons (Fsp3) is 0.571. The van der Waals surface area contributed by atoms with E-state index in [2.05, 4.69) is 45.7 Å². The van der Waals surface area contributed by atoms with Crippen LogP contribution in [0.5, 0.6) is 5.75 Å². The van der Waals surface area contributed by atoms with Crippen LogP contribution in [0.25, 0.3) is 0 Å². The Labute approximate surface area is 135 Å². The Balaban J connectivity index is 2.30. The van der Waals surface area contributed by atoms with Crippen LogP contribution in [0.2, 0.25) is 0 Å². The first-order chi connectivity index (χ1) is 9.46. The highest BCUT2D eigenvalue weighted by atomic mass is 79.9. The summed E-state index contributed by atoms with van der Waals surface area (Å²) >= 11 is 7.05. The zero-order valence-electron chi connectivity index (χ0n) is 11.4. The van der Waals surface area contributed by atoms with Crippen LogP contribution in [0, 0.1) is 15.5 Å². The predicted molar refractivity (Wildman–Crippen MR) is 85.6 cm³/mol. The molecule has 0 radical (unpaired) electrons. The topological polar surface area (TPSA) is 52.4 Å². The fourth-order valence-electron chi connectivity index (χ4n) is 2.91. The largest absolute Gasteiger partial charge is 0.482 e. The first kappa shape index (κ1) is 15.8. The van der Waals surface area contributed by atoms with Gasteiger partial charge >= 0.3 is 5.69 Å². The monoisotopic (exact) mass is 405 g/mol. The zero-order valence-corrected chi connectivity index (χ0v) is 14.6. The maximum atomic E-state index is 11.1. The van der Waals surface area contributed by atoms with Crippen molar-refractivity contribution in [3.8, 4) is 5.75 Å². The van der Waals surface area contributed by atoms with Crippen LogP contribution < -0.4 is 4.74 Å².